The van der Waals surface area contributed by atoms with Gasteiger partial charge in [-0.25, -0.2) is 0 Å². The topological polar surface area (TPSA) is 29.5 Å². The van der Waals surface area contributed by atoms with Gasteiger partial charge in [-0.3, -0.25) is 0 Å². The molecule has 0 aromatic carbocycles. The number of allylic oxidation sites excluding steroid dienone is 1. The average molecular weight is 323 g/mol. The van der Waals surface area contributed by atoms with E-state index in [1.807, 2.05) is 6.08 Å². The van der Waals surface area contributed by atoms with E-state index in [1.54, 1.807) is 0 Å². The molecule has 1 saturated carbocycles. The smallest absolute Gasteiger partial charge is 0.191 e. The lowest BCUT2D eigenvalue weighted by Crippen LogP contribution is -2.52. The first-order valence-corrected chi connectivity index (χ1v) is 11.5. The lowest BCUT2D eigenvalue weighted by atomic mass is 9.59. The fourth-order valence-corrected chi connectivity index (χ4v) is 4.78. The Morgan fingerprint density at radius 3 is 2.55 bits per heavy atom. The van der Waals surface area contributed by atoms with Crippen molar-refractivity contribution in [1.82, 2.24) is 0 Å². The summed E-state index contributed by atoms with van der Waals surface area (Å²) in [5.74, 6) is 0.808. The molecule has 0 aliphatic heterocycles. The van der Waals surface area contributed by atoms with Crippen LogP contribution < -0.4 is 0 Å². The Morgan fingerprint density at radius 1 is 1.36 bits per heavy atom. The van der Waals surface area contributed by atoms with Gasteiger partial charge in [0.25, 0.3) is 0 Å². The molecule has 0 radical (unpaired) electrons. The van der Waals surface area contributed by atoms with Crippen LogP contribution in [0.4, 0.5) is 0 Å². The summed E-state index contributed by atoms with van der Waals surface area (Å²) >= 11 is 0. The first kappa shape index (κ1) is 18.0. The standard InChI is InChI=1S/C19H34O2Si/c1-8-15-13-19(20)11-9-10-18(19,5)12-16(15)14-21-22(6,7)17(2,3)4/h8-10,15-16,20H,1,11-14H2,2-7H3/t15-,16+,18-,19-/m1/s1. The Balaban J connectivity index is 2.10. The molecule has 0 heterocycles. The van der Waals surface area contributed by atoms with Crippen molar-refractivity contribution in [3.63, 3.8) is 0 Å². The van der Waals surface area contributed by atoms with Crippen molar-refractivity contribution in [3.05, 3.63) is 24.8 Å². The van der Waals surface area contributed by atoms with Gasteiger partial charge in [0, 0.05) is 12.0 Å². The molecule has 2 rings (SSSR count). The number of rotatable bonds is 4. The molecule has 4 atom stereocenters. The molecule has 3 heteroatoms. The van der Waals surface area contributed by atoms with Gasteiger partial charge in [0.2, 0.25) is 0 Å². The largest absolute Gasteiger partial charge is 0.417 e. The minimum absolute atomic E-state index is 0.103. The van der Waals surface area contributed by atoms with Gasteiger partial charge in [0.1, 0.15) is 0 Å². The van der Waals surface area contributed by atoms with Crippen LogP contribution in [0.2, 0.25) is 18.1 Å². The minimum atomic E-state index is -1.72. The second kappa shape index (κ2) is 5.61. The molecule has 1 N–H and O–H groups in total. The Hall–Kier alpha value is -0.383. The summed E-state index contributed by atoms with van der Waals surface area (Å²) in [6.45, 7) is 18.5. The van der Waals surface area contributed by atoms with Crippen molar-refractivity contribution in [2.45, 2.75) is 70.7 Å². The third-order valence-corrected chi connectivity index (χ3v) is 11.1. The van der Waals surface area contributed by atoms with Gasteiger partial charge in [0.15, 0.2) is 8.32 Å². The molecule has 0 bridgehead atoms. The Bertz CT molecular complexity index is 463. The highest BCUT2D eigenvalue weighted by atomic mass is 28.4. The van der Waals surface area contributed by atoms with Crippen LogP contribution in [-0.2, 0) is 4.43 Å². The third kappa shape index (κ3) is 3.00. The molecule has 0 aromatic rings. The van der Waals surface area contributed by atoms with Gasteiger partial charge in [-0.05, 0) is 49.2 Å². The number of fused-ring (bicyclic) bond motifs is 1. The number of aliphatic hydroxyl groups is 1. The van der Waals surface area contributed by atoms with Gasteiger partial charge in [0.05, 0.1) is 5.60 Å². The molecule has 2 nitrogen and oxygen atoms in total. The summed E-state index contributed by atoms with van der Waals surface area (Å²) in [6, 6.07) is 0. The highest BCUT2D eigenvalue weighted by molar-refractivity contribution is 6.74. The maximum atomic E-state index is 11.0. The molecule has 22 heavy (non-hydrogen) atoms. The van der Waals surface area contributed by atoms with E-state index in [4.69, 9.17) is 4.43 Å². The fraction of sp³-hybridized carbons (Fsp3) is 0.789. The van der Waals surface area contributed by atoms with Crippen molar-refractivity contribution in [2.24, 2.45) is 17.3 Å². The maximum absolute atomic E-state index is 11.0. The van der Waals surface area contributed by atoms with Gasteiger partial charge in [-0.15, -0.1) is 6.58 Å². The van der Waals surface area contributed by atoms with Crippen LogP contribution in [0.1, 0.15) is 47.0 Å². The summed E-state index contributed by atoms with van der Waals surface area (Å²) in [5, 5.41) is 11.2. The van der Waals surface area contributed by atoms with Crippen LogP contribution >= 0.6 is 0 Å². The zero-order valence-electron chi connectivity index (χ0n) is 15.3. The quantitative estimate of drug-likeness (QED) is 0.588. The summed E-state index contributed by atoms with van der Waals surface area (Å²) < 4.78 is 6.48. The highest BCUT2D eigenvalue weighted by Crippen LogP contribution is 2.55. The van der Waals surface area contributed by atoms with Crippen molar-refractivity contribution >= 4 is 8.32 Å². The SMILES string of the molecule is C=C[C@@H]1C[C@]2(O)CC=C[C@]2(C)C[C@H]1CO[Si](C)(C)C(C)(C)C. The van der Waals surface area contributed by atoms with Crippen LogP contribution in [0.5, 0.6) is 0 Å². The van der Waals surface area contributed by atoms with Crippen molar-refractivity contribution in [1.29, 1.82) is 0 Å². The van der Waals surface area contributed by atoms with Crippen LogP contribution in [0.25, 0.3) is 0 Å². The highest BCUT2D eigenvalue weighted by Gasteiger charge is 2.54. The Labute approximate surface area is 137 Å². The first-order chi connectivity index (χ1) is 9.94. The lowest BCUT2D eigenvalue weighted by Gasteiger charge is -2.50. The van der Waals surface area contributed by atoms with Crippen LogP contribution in [0, 0.1) is 17.3 Å². The molecule has 0 spiro atoms. The Kier molecular flexibility index (Phi) is 4.58. The molecule has 126 valence electrons. The summed E-state index contributed by atoms with van der Waals surface area (Å²) in [6.07, 6.45) is 9.00. The molecular weight excluding hydrogens is 288 g/mol. The number of hydrogen-bond acceptors (Lipinski definition) is 2. The molecule has 0 unspecified atom stereocenters. The van der Waals surface area contributed by atoms with Crippen molar-refractivity contribution in [3.8, 4) is 0 Å². The van der Waals surface area contributed by atoms with E-state index in [0.29, 0.717) is 11.8 Å². The van der Waals surface area contributed by atoms with Crippen LogP contribution in [0.3, 0.4) is 0 Å². The summed E-state index contributed by atoms with van der Waals surface area (Å²) in [7, 11) is -1.72. The van der Waals surface area contributed by atoms with Gasteiger partial charge in [-0.1, -0.05) is 45.9 Å². The monoisotopic (exact) mass is 322 g/mol. The maximum Gasteiger partial charge on any atom is 0.191 e. The van der Waals surface area contributed by atoms with E-state index in [2.05, 4.69) is 59.5 Å². The lowest BCUT2D eigenvalue weighted by molar-refractivity contribution is -0.102. The van der Waals surface area contributed by atoms with Crippen molar-refractivity contribution < 1.29 is 9.53 Å². The van der Waals surface area contributed by atoms with Gasteiger partial charge >= 0.3 is 0 Å². The third-order valence-electron chi connectivity index (χ3n) is 6.64. The van der Waals surface area contributed by atoms with Gasteiger partial charge in [-0.2, -0.15) is 0 Å². The van der Waals surface area contributed by atoms with E-state index in [1.165, 1.54) is 0 Å². The normalized spacial score (nSPS) is 38.9. The fourth-order valence-electron chi connectivity index (χ4n) is 3.72. The predicted molar refractivity (Wildman–Crippen MR) is 96.4 cm³/mol. The molecule has 0 saturated heterocycles. The molecule has 0 amide bonds. The zero-order valence-corrected chi connectivity index (χ0v) is 16.3. The summed E-state index contributed by atoms with van der Waals surface area (Å²) in [4.78, 5) is 0. The molecule has 2 aliphatic carbocycles. The van der Waals surface area contributed by atoms with E-state index < -0.39 is 13.9 Å². The second-order valence-electron chi connectivity index (χ2n) is 9.19. The molecule has 2 aliphatic rings. The van der Waals surface area contributed by atoms with E-state index in [0.717, 1.165) is 25.9 Å². The van der Waals surface area contributed by atoms with Crippen molar-refractivity contribution in [2.75, 3.05) is 6.61 Å². The zero-order chi connectivity index (χ0) is 16.8. The van der Waals surface area contributed by atoms with E-state index in [-0.39, 0.29) is 10.5 Å². The average Bonchev–Trinajstić information content (AvgIpc) is 2.68. The van der Waals surface area contributed by atoms with E-state index >= 15 is 0 Å². The second-order valence-corrected chi connectivity index (χ2v) is 14.0. The van der Waals surface area contributed by atoms with Crippen LogP contribution in [0.15, 0.2) is 24.8 Å². The Morgan fingerprint density at radius 2 is 2.00 bits per heavy atom. The van der Waals surface area contributed by atoms with E-state index in [9.17, 15) is 5.11 Å². The predicted octanol–water partition coefficient (Wildman–Crippen LogP) is 4.92. The first-order valence-electron chi connectivity index (χ1n) is 8.61. The number of hydrogen-bond donors (Lipinski definition) is 1. The van der Waals surface area contributed by atoms with Gasteiger partial charge < -0.3 is 9.53 Å². The minimum Gasteiger partial charge on any atom is -0.417 e. The summed E-state index contributed by atoms with van der Waals surface area (Å²) in [5.41, 5.74) is -0.687. The molecule has 0 aromatic heterocycles. The van der Waals surface area contributed by atoms with Crippen LogP contribution in [-0.4, -0.2) is 25.6 Å². The molecule has 1 fully saturated rings. The molecular formula is C19H34O2Si.